The highest BCUT2D eigenvalue weighted by molar-refractivity contribution is 6.06. The van der Waals surface area contributed by atoms with Crippen molar-refractivity contribution in [3.8, 4) is 22.5 Å². The van der Waals surface area contributed by atoms with Gasteiger partial charge in [-0.05, 0) is 49.1 Å². The smallest absolute Gasteiger partial charge is 0.246 e. The number of anilines is 2. The predicted octanol–water partition coefficient (Wildman–Crippen LogP) is 5.91. The molecule has 1 saturated carbocycles. The Morgan fingerprint density at radius 1 is 0.895 bits per heavy atom. The number of rotatable bonds is 6. The first-order valence-electron chi connectivity index (χ1n) is 13.5. The number of carbonyl (C=O) groups excluding carboxylic acids is 2. The number of nitrogens with zero attached hydrogens (tertiary/aromatic N) is 2. The number of hydrogen-bond donors (Lipinski definition) is 3. The number of fused-ring (bicyclic) bond motifs is 1. The molecule has 2 aromatic heterocycles. The minimum absolute atomic E-state index is 0.0881. The minimum atomic E-state index is -0.486. The lowest BCUT2D eigenvalue weighted by atomic mass is 9.99. The van der Waals surface area contributed by atoms with Gasteiger partial charge in [0.25, 0.3) is 0 Å². The van der Waals surface area contributed by atoms with E-state index in [-0.39, 0.29) is 11.8 Å². The monoisotopic (exact) mass is 509 g/mol. The van der Waals surface area contributed by atoms with Crippen molar-refractivity contribution in [2.24, 2.45) is 0 Å². The maximum absolute atomic E-state index is 12.5. The van der Waals surface area contributed by atoms with Crippen LogP contribution in [0.5, 0.6) is 0 Å². The van der Waals surface area contributed by atoms with Crippen LogP contribution in [0.3, 0.4) is 0 Å². The molecule has 4 aromatic rings. The van der Waals surface area contributed by atoms with Gasteiger partial charge >= 0.3 is 0 Å². The quantitative estimate of drug-likeness (QED) is 0.279. The van der Waals surface area contributed by atoms with Crippen LogP contribution in [0.4, 0.5) is 11.5 Å². The van der Waals surface area contributed by atoms with Crippen LogP contribution in [-0.4, -0.2) is 33.9 Å². The van der Waals surface area contributed by atoms with Crippen LogP contribution in [0.2, 0.25) is 0 Å². The number of aromatic nitrogens is 2. The fraction of sp³-hybridized carbons (Fsp3) is 0.333. The number of amides is 2. The number of hydrogen-bond acceptors (Lipinski definition) is 6. The third-order valence-electron chi connectivity index (χ3n) is 7.47. The van der Waals surface area contributed by atoms with E-state index < -0.39 is 6.04 Å². The molecule has 0 bridgehead atoms. The number of furan rings is 1. The second kappa shape index (κ2) is 10.7. The standard InChI is InChI=1S/C30H31N5O3/c36-24-17-16-23(35-24)29(37)34-22-14-12-20(13-15-22)27-25(19-8-4-3-5-9-19)26-28(31-18-32-30(26)38-27)33-21-10-6-1-2-7-11-21/h3-5,8-9,12-15,18,21,23H,1-2,6-7,10-11,16-17H2,(H,34,37)(H,35,36)(H,31,32,33). The first-order valence-corrected chi connectivity index (χ1v) is 13.5. The maximum atomic E-state index is 12.5. The summed E-state index contributed by atoms with van der Waals surface area (Å²) in [6.45, 7) is 0. The fourth-order valence-electron chi connectivity index (χ4n) is 5.49. The van der Waals surface area contributed by atoms with Crippen molar-refractivity contribution in [1.82, 2.24) is 15.3 Å². The summed E-state index contributed by atoms with van der Waals surface area (Å²) < 4.78 is 6.38. The summed E-state index contributed by atoms with van der Waals surface area (Å²) in [5.41, 5.74) is 4.04. The van der Waals surface area contributed by atoms with Crippen LogP contribution in [0.15, 0.2) is 65.3 Å². The molecule has 2 amide bonds. The molecule has 194 valence electrons. The third-order valence-corrected chi connectivity index (χ3v) is 7.47. The van der Waals surface area contributed by atoms with Gasteiger partial charge in [0.05, 0.1) is 5.39 Å². The van der Waals surface area contributed by atoms with Crippen LogP contribution in [0.25, 0.3) is 33.6 Å². The molecular formula is C30H31N5O3. The molecule has 1 aliphatic carbocycles. The van der Waals surface area contributed by atoms with Crippen molar-refractivity contribution in [2.75, 3.05) is 10.6 Å². The van der Waals surface area contributed by atoms with Crippen molar-refractivity contribution in [3.63, 3.8) is 0 Å². The van der Waals surface area contributed by atoms with E-state index in [0.29, 0.717) is 36.0 Å². The normalized spacial score (nSPS) is 18.2. The van der Waals surface area contributed by atoms with Crippen LogP contribution < -0.4 is 16.0 Å². The molecule has 3 N–H and O–H groups in total. The van der Waals surface area contributed by atoms with Gasteiger partial charge in [0, 0.05) is 29.3 Å². The van der Waals surface area contributed by atoms with Crippen molar-refractivity contribution in [1.29, 1.82) is 0 Å². The summed E-state index contributed by atoms with van der Waals surface area (Å²) >= 11 is 0. The second-order valence-electron chi connectivity index (χ2n) is 10.1. The number of carbonyl (C=O) groups is 2. The molecule has 2 aromatic carbocycles. The molecule has 1 unspecified atom stereocenters. The lowest BCUT2D eigenvalue weighted by molar-refractivity contribution is -0.122. The minimum Gasteiger partial charge on any atom is -0.437 e. The second-order valence-corrected chi connectivity index (χ2v) is 10.1. The topological polar surface area (TPSA) is 109 Å². The Hall–Kier alpha value is -4.20. The van der Waals surface area contributed by atoms with Gasteiger partial charge in [-0.25, -0.2) is 9.97 Å². The first-order chi connectivity index (χ1) is 18.7. The van der Waals surface area contributed by atoms with Gasteiger partial charge in [0.1, 0.15) is 23.9 Å². The average Bonchev–Trinajstić information content (AvgIpc) is 3.46. The summed E-state index contributed by atoms with van der Waals surface area (Å²) in [6.07, 6.45) is 9.75. The zero-order valence-electron chi connectivity index (χ0n) is 21.2. The van der Waals surface area contributed by atoms with Crippen molar-refractivity contribution in [3.05, 3.63) is 60.9 Å². The Morgan fingerprint density at radius 3 is 2.37 bits per heavy atom. The van der Waals surface area contributed by atoms with E-state index in [1.165, 1.54) is 25.7 Å². The molecule has 0 spiro atoms. The average molecular weight is 510 g/mol. The number of nitrogens with one attached hydrogen (secondary N) is 3. The third kappa shape index (κ3) is 4.98. The molecule has 1 atom stereocenters. The molecule has 3 heterocycles. The van der Waals surface area contributed by atoms with Crippen LogP contribution in [0.1, 0.15) is 51.4 Å². The summed E-state index contributed by atoms with van der Waals surface area (Å²) in [7, 11) is 0. The molecular weight excluding hydrogens is 478 g/mol. The maximum Gasteiger partial charge on any atom is 0.246 e. The van der Waals surface area contributed by atoms with Crippen molar-refractivity contribution in [2.45, 2.75) is 63.5 Å². The predicted molar refractivity (Wildman–Crippen MR) is 148 cm³/mol. The van der Waals surface area contributed by atoms with E-state index in [2.05, 4.69) is 38.1 Å². The molecule has 2 fully saturated rings. The van der Waals surface area contributed by atoms with Crippen LogP contribution in [0, 0.1) is 0 Å². The highest BCUT2D eigenvalue weighted by Gasteiger charge is 2.27. The van der Waals surface area contributed by atoms with E-state index >= 15 is 0 Å². The molecule has 2 aliphatic rings. The highest BCUT2D eigenvalue weighted by Crippen LogP contribution is 2.43. The Labute approximate surface area is 221 Å². The summed E-state index contributed by atoms with van der Waals surface area (Å²) in [5.74, 6) is 1.21. The van der Waals surface area contributed by atoms with Crippen LogP contribution in [-0.2, 0) is 9.59 Å². The SMILES string of the molecule is O=C1CCC(C(=O)Nc2ccc(-c3oc4ncnc(NC5CCCCCC5)c4c3-c3ccccc3)cc2)N1. The largest absolute Gasteiger partial charge is 0.437 e. The Morgan fingerprint density at radius 2 is 1.66 bits per heavy atom. The lowest BCUT2D eigenvalue weighted by Crippen LogP contribution is -2.37. The summed E-state index contributed by atoms with van der Waals surface area (Å²) in [5, 5.41) is 10.2. The van der Waals surface area contributed by atoms with Crippen molar-refractivity contribution >= 4 is 34.4 Å². The van der Waals surface area contributed by atoms with E-state index in [1.807, 2.05) is 42.5 Å². The van der Waals surface area contributed by atoms with Crippen molar-refractivity contribution < 1.29 is 14.0 Å². The van der Waals surface area contributed by atoms with Gasteiger partial charge in [-0.1, -0.05) is 56.0 Å². The molecule has 8 heteroatoms. The molecule has 8 nitrogen and oxygen atoms in total. The molecule has 6 rings (SSSR count). The fourth-order valence-corrected chi connectivity index (χ4v) is 5.49. The summed E-state index contributed by atoms with van der Waals surface area (Å²) in [4.78, 5) is 33.1. The van der Waals surface area contributed by atoms with E-state index in [9.17, 15) is 9.59 Å². The number of benzene rings is 2. The lowest BCUT2D eigenvalue weighted by Gasteiger charge is -2.17. The van der Waals surface area contributed by atoms with Gasteiger partial charge in [-0.3, -0.25) is 9.59 Å². The van der Waals surface area contributed by atoms with Crippen LogP contribution >= 0.6 is 0 Å². The van der Waals surface area contributed by atoms with Gasteiger partial charge in [0.2, 0.25) is 17.5 Å². The Balaban J connectivity index is 1.35. The Bertz CT molecular complexity index is 1440. The highest BCUT2D eigenvalue weighted by atomic mass is 16.3. The van der Waals surface area contributed by atoms with E-state index in [4.69, 9.17) is 4.42 Å². The molecule has 0 radical (unpaired) electrons. The van der Waals surface area contributed by atoms with E-state index in [1.54, 1.807) is 6.33 Å². The van der Waals surface area contributed by atoms with Gasteiger partial charge in [-0.2, -0.15) is 0 Å². The first kappa shape index (κ1) is 24.2. The van der Waals surface area contributed by atoms with Gasteiger partial charge in [-0.15, -0.1) is 0 Å². The molecule has 1 saturated heterocycles. The van der Waals surface area contributed by atoms with Gasteiger partial charge in [0.15, 0.2) is 0 Å². The Kier molecular flexibility index (Phi) is 6.77. The molecule has 1 aliphatic heterocycles. The summed E-state index contributed by atoms with van der Waals surface area (Å²) in [6, 6.07) is 17.6. The van der Waals surface area contributed by atoms with E-state index in [0.717, 1.165) is 40.7 Å². The van der Waals surface area contributed by atoms with Gasteiger partial charge < -0.3 is 20.4 Å². The zero-order chi connectivity index (χ0) is 25.9. The molecule has 38 heavy (non-hydrogen) atoms. The zero-order valence-corrected chi connectivity index (χ0v) is 21.2.